The Morgan fingerprint density at radius 2 is 1.90 bits per heavy atom. The summed E-state index contributed by atoms with van der Waals surface area (Å²) in [7, 11) is 3.60. The number of fused-ring (bicyclic) bond motifs is 1. The van der Waals surface area contributed by atoms with Crippen LogP contribution in [0.4, 0.5) is 0 Å². The van der Waals surface area contributed by atoms with Gasteiger partial charge in [0.05, 0.1) is 57.3 Å². The van der Waals surface area contributed by atoms with Crippen molar-refractivity contribution in [2.24, 2.45) is 17.3 Å². The van der Waals surface area contributed by atoms with Gasteiger partial charge in [-0.15, -0.1) is 0 Å². The van der Waals surface area contributed by atoms with Crippen molar-refractivity contribution >= 4 is 5.71 Å². The molecule has 7 heteroatoms. The maximum Gasteiger partial charge on any atom is 0.189 e. The monoisotopic (exact) mass is 404 g/mol. The molecule has 154 valence electrons. The van der Waals surface area contributed by atoms with Gasteiger partial charge < -0.3 is 19.8 Å². The summed E-state index contributed by atoms with van der Waals surface area (Å²) in [6, 6.07) is 11.8. The van der Waals surface area contributed by atoms with Gasteiger partial charge in [-0.25, -0.2) is 0 Å². The lowest BCUT2D eigenvalue weighted by atomic mass is 9.54. The summed E-state index contributed by atoms with van der Waals surface area (Å²) >= 11 is 0. The molecule has 0 bridgehead atoms. The standard InChI is InChI=1S/C23H25N5O2/c1-14(2)30-19-6-5-15(9-20(19)29-4)21-18-11-28(3)8-7-16(18)17(10-24)22(27)23(21,12-25)13-26/h5-7,9,14,17-18,21,27H,8,11H2,1-4H3/p+1/t17-,18-,21-/m1/s1. The molecule has 1 aromatic rings. The fourth-order valence-electron chi connectivity index (χ4n) is 4.66. The zero-order valence-electron chi connectivity index (χ0n) is 17.7. The Balaban J connectivity index is 2.22. The van der Waals surface area contributed by atoms with Crippen LogP contribution in [0.2, 0.25) is 0 Å². The van der Waals surface area contributed by atoms with Gasteiger partial charge in [0.25, 0.3) is 0 Å². The molecule has 1 heterocycles. The Bertz CT molecular complexity index is 994. The number of methoxy groups -OCH3 is 1. The van der Waals surface area contributed by atoms with E-state index in [4.69, 9.17) is 14.9 Å². The third kappa shape index (κ3) is 3.30. The van der Waals surface area contributed by atoms with Crippen LogP contribution in [-0.4, -0.2) is 39.1 Å². The van der Waals surface area contributed by atoms with Crippen LogP contribution in [-0.2, 0) is 0 Å². The Kier molecular flexibility index (Phi) is 5.83. The van der Waals surface area contributed by atoms with Crippen LogP contribution in [0.15, 0.2) is 29.8 Å². The zero-order chi connectivity index (χ0) is 22.1. The maximum absolute atomic E-state index is 10.1. The number of nitrogens with zero attached hydrogens (tertiary/aromatic N) is 3. The van der Waals surface area contributed by atoms with E-state index in [0.29, 0.717) is 18.0 Å². The van der Waals surface area contributed by atoms with Crippen molar-refractivity contribution in [1.82, 2.24) is 0 Å². The van der Waals surface area contributed by atoms with Crippen LogP contribution < -0.4 is 14.4 Å². The number of benzene rings is 1. The largest absolute Gasteiger partial charge is 0.493 e. The number of rotatable bonds is 4. The van der Waals surface area contributed by atoms with Crippen molar-refractivity contribution in [2.75, 3.05) is 27.2 Å². The molecule has 4 atom stereocenters. The predicted molar refractivity (Wildman–Crippen MR) is 110 cm³/mol. The smallest absolute Gasteiger partial charge is 0.189 e. The summed E-state index contributed by atoms with van der Waals surface area (Å²) in [5.41, 5.74) is -0.270. The van der Waals surface area contributed by atoms with E-state index in [2.05, 4.69) is 18.2 Å². The molecular weight excluding hydrogens is 378 g/mol. The molecule has 7 nitrogen and oxygen atoms in total. The Morgan fingerprint density at radius 1 is 1.20 bits per heavy atom. The highest BCUT2D eigenvalue weighted by molar-refractivity contribution is 6.00. The number of hydrogen-bond acceptors (Lipinski definition) is 6. The lowest BCUT2D eigenvalue weighted by molar-refractivity contribution is -0.878. The first kappa shape index (κ1) is 21.4. The topological polar surface area (TPSA) is 118 Å². The number of ether oxygens (including phenoxy) is 2. The molecule has 1 aliphatic carbocycles. The highest BCUT2D eigenvalue weighted by Gasteiger charge is 2.58. The van der Waals surface area contributed by atoms with Crippen LogP contribution in [0.1, 0.15) is 25.3 Å². The molecule has 0 spiro atoms. The Hall–Kier alpha value is -3.34. The van der Waals surface area contributed by atoms with Gasteiger partial charge in [-0.05, 0) is 43.2 Å². The second-order valence-electron chi connectivity index (χ2n) is 8.24. The first-order valence-corrected chi connectivity index (χ1v) is 9.99. The molecule has 0 saturated heterocycles. The molecule has 1 saturated carbocycles. The lowest BCUT2D eigenvalue weighted by Crippen LogP contribution is -3.10. The first-order valence-electron chi connectivity index (χ1n) is 9.99. The number of nitrogens with one attached hydrogen (secondary N) is 2. The van der Waals surface area contributed by atoms with Gasteiger partial charge in [-0.2, -0.15) is 15.8 Å². The summed E-state index contributed by atoms with van der Waals surface area (Å²) in [4.78, 5) is 1.23. The predicted octanol–water partition coefficient (Wildman–Crippen LogP) is 1.84. The highest BCUT2D eigenvalue weighted by Crippen LogP contribution is 2.53. The molecule has 0 radical (unpaired) electrons. The molecule has 3 rings (SSSR count). The molecule has 1 fully saturated rings. The minimum atomic E-state index is -1.72. The fraction of sp³-hybridized carbons (Fsp3) is 0.478. The van der Waals surface area contributed by atoms with Gasteiger partial charge in [0.1, 0.15) is 5.92 Å². The van der Waals surface area contributed by atoms with Gasteiger partial charge in [0.2, 0.25) is 0 Å². The van der Waals surface area contributed by atoms with Crippen molar-refractivity contribution < 1.29 is 14.4 Å². The van der Waals surface area contributed by atoms with Gasteiger partial charge in [-0.1, -0.05) is 6.07 Å². The van der Waals surface area contributed by atoms with E-state index < -0.39 is 17.3 Å². The molecule has 0 aromatic heterocycles. The first-order chi connectivity index (χ1) is 14.3. The SMILES string of the molecule is COc1cc([C@@H]2[C@@H]3C[NH+](C)CC=C3[C@@H](C#N)C(=N)C2(C#N)C#N)ccc1OC(C)C. The van der Waals surface area contributed by atoms with Crippen LogP contribution in [0.25, 0.3) is 0 Å². The number of likely N-dealkylation sites (N-methyl/N-ethyl adjacent to an activating group) is 1. The van der Waals surface area contributed by atoms with E-state index in [1.807, 2.05) is 33.0 Å². The second-order valence-corrected chi connectivity index (χ2v) is 8.24. The van der Waals surface area contributed by atoms with Crippen molar-refractivity contribution in [3.63, 3.8) is 0 Å². The van der Waals surface area contributed by atoms with E-state index >= 15 is 0 Å². The summed E-state index contributed by atoms with van der Waals surface area (Å²) < 4.78 is 11.3. The molecule has 1 unspecified atom stereocenters. The summed E-state index contributed by atoms with van der Waals surface area (Å²) in [6.07, 6.45) is 1.97. The minimum absolute atomic E-state index is 0.0357. The molecule has 2 aliphatic rings. The van der Waals surface area contributed by atoms with E-state index in [-0.39, 0.29) is 17.7 Å². The van der Waals surface area contributed by atoms with E-state index in [0.717, 1.165) is 17.7 Å². The van der Waals surface area contributed by atoms with Gasteiger partial charge >= 0.3 is 0 Å². The number of quaternary nitrogens is 1. The van der Waals surface area contributed by atoms with E-state index in [9.17, 15) is 15.8 Å². The molecular formula is C23H26N5O2+. The molecule has 1 aromatic carbocycles. The molecule has 0 amide bonds. The number of nitriles is 3. The fourth-order valence-corrected chi connectivity index (χ4v) is 4.66. The van der Waals surface area contributed by atoms with Crippen LogP contribution >= 0.6 is 0 Å². The zero-order valence-corrected chi connectivity index (χ0v) is 17.7. The Labute approximate surface area is 177 Å². The van der Waals surface area contributed by atoms with Crippen LogP contribution in [0.5, 0.6) is 11.5 Å². The Morgan fingerprint density at radius 3 is 2.47 bits per heavy atom. The minimum Gasteiger partial charge on any atom is -0.493 e. The average Bonchev–Trinajstić information content (AvgIpc) is 2.73. The normalized spacial score (nSPS) is 27.1. The van der Waals surface area contributed by atoms with E-state index in [1.165, 1.54) is 4.90 Å². The third-order valence-electron chi connectivity index (χ3n) is 5.99. The molecule has 1 aliphatic heterocycles. The summed E-state index contributed by atoms with van der Waals surface area (Å²) in [6.45, 7) is 5.28. The number of hydrogen-bond donors (Lipinski definition) is 2. The average molecular weight is 404 g/mol. The molecule has 30 heavy (non-hydrogen) atoms. The van der Waals surface area contributed by atoms with Crippen molar-refractivity contribution in [3.05, 3.63) is 35.4 Å². The van der Waals surface area contributed by atoms with Gasteiger partial charge in [-0.3, -0.25) is 0 Å². The quantitative estimate of drug-likeness (QED) is 0.743. The highest BCUT2D eigenvalue weighted by atomic mass is 16.5. The van der Waals surface area contributed by atoms with Crippen molar-refractivity contribution in [1.29, 1.82) is 21.2 Å². The second kappa shape index (κ2) is 8.19. The van der Waals surface area contributed by atoms with Crippen LogP contribution in [0, 0.1) is 56.7 Å². The van der Waals surface area contributed by atoms with Crippen molar-refractivity contribution in [2.45, 2.75) is 25.9 Å². The van der Waals surface area contributed by atoms with E-state index in [1.54, 1.807) is 19.2 Å². The summed E-state index contributed by atoms with van der Waals surface area (Å²) in [5.74, 6) is -0.517. The van der Waals surface area contributed by atoms with Gasteiger partial charge in [0, 0.05) is 11.8 Å². The third-order valence-corrected chi connectivity index (χ3v) is 5.99. The van der Waals surface area contributed by atoms with Crippen LogP contribution in [0.3, 0.4) is 0 Å². The molecule has 2 N–H and O–H groups in total. The van der Waals surface area contributed by atoms with Crippen molar-refractivity contribution in [3.8, 4) is 29.7 Å². The van der Waals surface area contributed by atoms with Gasteiger partial charge in [0.15, 0.2) is 16.9 Å². The summed E-state index contributed by atoms with van der Waals surface area (Å²) in [5, 5.41) is 38.6. The lowest BCUT2D eigenvalue weighted by Gasteiger charge is -2.46. The maximum atomic E-state index is 10.1.